The maximum atomic E-state index is 5.25. The minimum atomic E-state index is 0.536. The molecule has 2 heterocycles. The number of nitrogens with one attached hydrogen (secondary N) is 3. The van der Waals surface area contributed by atoms with E-state index in [2.05, 4.69) is 37.7 Å². The van der Waals surface area contributed by atoms with Crippen LogP contribution in [0, 0.1) is 5.92 Å². The average Bonchev–Trinajstić information content (AvgIpc) is 2.95. The normalized spacial score (nSPS) is 21.8. The van der Waals surface area contributed by atoms with E-state index < -0.39 is 0 Å². The van der Waals surface area contributed by atoms with E-state index in [0.717, 1.165) is 17.7 Å². The smallest absolute Gasteiger partial charge is 0.216 e. The standard InChI is InChI=1S/C13H18N6O/c1-8-6-9(8)16-13(14-2)15-7-11-17-12(19-18-11)10-4-3-5-20-10/h3-5,8-9H,6-7H2,1-2H3,(H2,14,15,16)(H,17,18,19). The van der Waals surface area contributed by atoms with Gasteiger partial charge in [0.05, 0.1) is 12.8 Å². The Labute approximate surface area is 116 Å². The maximum Gasteiger partial charge on any atom is 0.216 e. The highest BCUT2D eigenvalue weighted by Gasteiger charge is 2.33. The Morgan fingerprint density at radius 1 is 1.60 bits per heavy atom. The van der Waals surface area contributed by atoms with E-state index in [4.69, 9.17) is 4.42 Å². The summed E-state index contributed by atoms with van der Waals surface area (Å²) in [5, 5.41) is 13.6. The second-order valence-electron chi connectivity index (χ2n) is 4.97. The Hall–Kier alpha value is -2.31. The summed E-state index contributed by atoms with van der Waals surface area (Å²) >= 11 is 0. The number of aromatic nitrogens is 3. The van der Waals surface area contributed by atoms with Gasteiger partial charge in [0.2, 0.25) is 5.82 Å². The predicted molar refractivity (Wildman–Crippen MR) is 75.0 cm³/mol. The molecule has 0 radical (unpaired) electrons. The molecule has 0 spiro atoms. The van der Waals surface area contributed by atoms with E-state index in [1.54, 1.807) is 13.3 Å². The van der Waals surface area contributed by atoms with Gasteiger partial charge in [0.15, 0.2) is 11.7 Å². The molecule has 1 saturated carbocycles. The summed E-state index contributed by atoms with van der Waals surface area (Å²) < 4.78 is 5.25. The number of furan rings is 1. The molecule has 1 aliphatic carbocycles. The van der Waals surface area contributed by atoms with Gasteiger partial charge in [0, 0.05) is 13.1 Å². The summed E-state index contributed by atoms with van der Waals surface area (Å²) in [6.45, 7) is 2.76. The number of hydrogen-bond acceptors (Lipinski definition) is 4. The lowest BCUT2D eigenvalue weighted by atomic mass is 10.4. The van der Waals surface area contributed by atoms with Gasteiger partial charge in [-0.05, 0) is 24.5 Å². The molecule has 2 aromatic heterocycles. The van der Waals surface area contributed by atoms with Gasteiger partial charge in [-0.25, -0.2) is 4.98 Å². The monoisotopic (exact) mass is 274 g/mol. The lowest BCUT2D eigenvalue weighted by molar-refractivity contribution is 0.577. The third kappa shape index (κ3) is 2.81. The third-order valence-electron chi connectivity index (χ3n) is 3.35. The molecule has 2 aromatic rings. The van der Waals surface area contributed by atoms with Crippen LogP contribution < -0.4 is 10.6 Å². The van der Waals surface area contributed by atoms with Crippen LogP contribution in [0.1, 0.15) is 19.2 Å². The SMILES string of the molecule is CN=C(NCc1nc(-c2ccco2)n[nH]1)NC1CC1C. The Bertz CT molecular complexity index is 588. The minimum Gasteiger partial charge on any atom is -0.461 e. The molecule has 1 fully saturated rings. The van der Waals surface area contributed by atoms with Gasteiger partial charge in [0.1, 0.15) is 5.82 Å². The van der Waals surface area contributed by atoms with Crippen molar-refractivity contribution in [3.8, 4) is 11.6 Å². The molecule has 0 aliphatic heterocycles. The van der Waals surface area contributed by atoms with Crippen LogP contribution in [0.15, 0.2) is 27.8 Å². The first-order valence-electron chi connectivity index (χ1n) is 6.68. The Morgan fingerprint density at radius 3 is 3.10 bits per heavy atom. The Kier molecular flexibility index (Phi) is 3.41. The first-order chi connectivity index (χ1) is 9.76. The molecular weight excluding hydrogens is 256 g/mol. The second-order valence-corrected chi connectivity index (χ2v) is 4.97. The molecule has 3 rings (SSSR count). The first-order valence-corrected chi connectivity index (χ1v) is 6.68. The largest absolute Gasteiger partial charge is 0.461 e. The first kappa shape index (κ1) is 12.7. The zero-order valence-electron chi connectivity index (χ0n) is 11.6. The molecule has 7 heteroatoms. The molecule has 0 amide bonds. The number of rotatable bonds is 4. The number of H-pyrrole nitrogens is 1. The summed E-state index contributed by atoms with van der Waals surface area (Å²) in [5.41, 5.74) is 0. The van der Waals surface area contributed by atoms with Gasteiger partial charge in [-0.15, -0.1) is 5.10 Å². The number of guanidine groups is 1. The molecule has 7 nitrogen and oxygen atoms in total. The number of aromatic amines is 1. The molecule has 0 aromatic carbocycles. The molecule has 2 atom stereocenters. The van der Waals surface area contributed by atoms with E-state index >= 15 is 0 Å². The van der Waals surface area contributed by atoms with E-state index in [1.807, 2.05) is 12.1 Å². The second kappa shape index (κ2) is 5.36. The van der Waals surface area contributed by atoms with Crippen LogP contribution in [-0.4, -0.2) is 34.2 Å². The van der Waals surface area contributed by atoms with Crippen LogP contribution in [0.2, 0.25) is 0 Å². The van der Waals surface area contributed by atoms with Crippen molar-refractivity contribution in [1.82, 2.24) is 25.8 Å². The number of hydrogen-bond donors (Lipinski definition) is 3. The number of nitrogens with zero attached hydrogens (tertiary/aromatic N) is 3. The molecule has 2 unspecified atom stereocenters. The highest BCUT2D eigenvalue weighted by molar-refractivity contribution is 5.80. The molecule has 0 bridgehead atoms. The fourth-order valence-corrected chi connectivity index (χ4v) is 1.95. The van der Waals surface area contributed by atoms with Gasteiger partial charge < -0.3 is 15.1 Å². The van der Waals surface area contributed by atoms with E-state index in [9.17, 15) is 0 Å². The molecular formula is C13H18N6O. The van der Waals surface area contributed by atoms with Crippen LogP contribution in [-0.2, 0) is 6.54 Å². The van der Waals surface area contributed by atoms with Crippen LogP contribution in [0.25, 0.3) is 11.6 Å². The van der Waals surface area contributed by atoms with Crippen molar-refractivity contribution in [3.05, 3.63) is 24.2 Å². The van der Waals surface area contributed by atoms with Crippen molar-refractivity contribution in [3.63, 3.8) is 0 Å². The zero-order chi connectivity index (χ0) is 13.9. The maximum absolute atomic E-state index is 5.25. The zero-order valence-corrected chi connectivity index (χ0v) is 11.6. The molecule has 3 N–H and O–H groups in total. The summed E-state index contributed by atoms with van der Waals surface area (Å²) in [5.74, 6) is 3.47. The summed E-state index contributed by atoms with van der Waals surface area (Å²) in [7, 11) is 1.76. The highest BCUT2D eigenvalue weighted by atomic mass is 16.3. The van der Waals surface area contributed by atoms with Crippen molar-refractivity contribution < 1.29 is 4.42 Å². The van der Waals surface area contributed by atoms with Gasteiger partial charge >= 0.3 is 0 Å². The fraction of sp³-hybridized carbons (Fsp3) is 0.462. The van der Waals surface area contributed by atoms with Crippen LogP contribution in [0.4, 0.5) is 0 Å². The fourth-order valence-electron chi connectivity index (χ4n) is 1.95. The van der Waals surface area contributed by atoms with Gasteiger partial charge in [-0.2, -0.15) is 0 Å². The van der Waals surface area contributed by atoms with Crippen molar-refractivity contribution in [2.75, 3.05) is 7.05 Å². The lowest BCUT2D eigenvalue weighted by Crippen LogP contribution is -2.38. The summed E-state index contributed by atoms with van der Waals surface area (Å²) in [6.07, 6.45) is 2.80. The Morgan fingerprint density at radius 2 is 2.45 bits per heavy atom. The highest BCUT2D eigenvalue weighted by Crippen LogP contribution is 2.28. The topological polar surface area (TPSA) is 91.1 Å². The minimum absolute atomic E-state index is 0.536. The predicted octanol–water partition coefficient (Wildman–Crippen LogP) is 1.14. The third-order valence-corrected chi connectivity index (χ3v) is 3.35. The van der Waals surface area contributed by atoms with Crippen LogP contribution in [0.3, 0.4) is 0 Å². The lowest BCUT2D eigenvalue weighted by Gasteiger charge is -2.09. The van der Waals surface area contributed by atoms with Crippen LogP contribution in [0.5, 0.6) is 0 Å². The molecule has 1 aliphatic rings. The van der Waals surface area contributed by atoms with Gasteiger partial charge in [-0.3, -0.25) is 10.1 Å². The van der Waals surface area contributed by atoms with Crippen molar-refractivity contribution >= 4 is 5.96 Å². The average molecular weight is 274 g/mol. The van der Waals surface area contributed by atoms with Crippen LogP contribution >= 0.6 is 0 Å². The molecule has 20 heavy (non-hydrogen) atoms. The summed E-state index contributed by atoms with van der Waals surface area (Å²) in [6, 6.07) is 4.18. The van der Waals surface area contributed by atoms with E-state index in [0.29, 0.717) is 24.2 Å². The molecule has 106 valence electrons. The van der Waals surface area contributed by atoms with E-state index in [-0.39, 0.29) is 0 Å². The van der Waals surface area contributed by atoms with Crippen molar-refractivity contribution in [1.29, 1.82) is 0 Å². The Balaban J connectivity index is 1.55. The van der Waals surface area contributed by atoms with Crippen molar-refractivity contribution in [2.24, 2.45) is 10.9 Å². The quantitative estimate of drug-likeness (QED) is 0.574. The van der Waals surface area contributed by atoms with Gasteiger partial charge in [-0.1, -0.05) is 6.92 Å². The summed E-state index contributed by atoms with van der Waals surface area (Å²) in [4.78, 5) is 8.55. The number of aliphatic imine (C=N–C) groups is 1. The molecule has 0 saturated heterocycles. The van der Waals surface area contributed by atoms with Gasteiger partial charge in [0.25, 0.3) is 0 Å². The van der Waals surface area contributed by atoms with Crippen molar-refractivity contribution in [2.45, 2.75) is 25.9 Å². The van der Waals surface area contributed by atoms with E-state index in [1.165, 1.54) is 6.42 Å².